The standard InChI is InChI=1S/C22H22Cl2N2O2S/c1-5-28-18-9-13(4)14(10-15(18)12(2)3)11-19-21(27)26-22(29-19)25-17-8-6-7-16(23)20(17)24/h6-12H,5H2,1-4H3,(H,25,26,27)/b19-11+. The number of nitrogens with zero attached hydrogens (tertiary/aromatic N) is 1. The zero-order valence-corrected chi connectivity index (χ0v) is 19.0. The molecule has 7 heteroatoms. The summed E-state index contributed by atoms with van der Waals surface area (Å²) in [5.41, 5.74) is 3.66. The Hall–Kier alpha value is -1.95. The van der Waals surface area contributed by atoms with Crippen molar-refractivity contribution in [3.63, 3.8) is 0 Å². The molecule has 0 aliphatic carbocycles. The van der Waals surface area contributed by atoms with Crippen molar-refractivity contribution in [1.82, 2.24) is 5.32 Å². The molecule has 1 saturated heterocycles. The molecule has 0 spiro atoms. The second-order valence-corrected chi connectivity index (χ2v) is 8.70. The molecule has 1 aliphatic rings. The number of halogens is 2. The molecular weight excluding hydrogens is 427 g/mol. The van der Waals surface area contributed by atoms with E-state index in [4.69, 9.17) is 27.9 Å². The molecule has 0 aromatic heterocycles. The lowest BCUT2D eigenvalue weighted by Crippen LogP contribution is -2.19. The third-order valence-corrected chi connectivity index (χ3v) is 6.13. The van der Waals surface area contributed by atoms with Gasteiger partial charge >= 0.3 is 0 Å². The summed E-state index contributed by atoms with van der Waals surface area (Å²) in [5, 5.41) is 4.04. The maximum atomic E-state index is 12.5. The van der Waals surface area contributed by atoms with Gasteiger partial charge in [0.1, 0.15) is 5.75 Å². The number of nitrogens with one attached hydrogen (secondary N) is 1. The van der Waals surface area contributed by atoms with Crippen LogP contribution in [0.4, 0.5) is 5.69 Å². The fourth-order valence-electron chi connectivity index (χ4n) is 2.91. The van der Waals surface area contributed by atoms with Crippen LogP contribution in [0.3, 0.4) is 0 Å². The first-order valence-corrected chi connectivity index (χ1v) is 10.9. The molecule has 0 bridgehead atoms. The van der Waals surface area contributed by atoms with Gasteiger partial charge in [0.25, 0.3) is 5.91 Å². The van der Waals surface area contributed by atoms with E-state index in [1.807, 2.05) is 26.0 Å². The Balaban J connectivity index is 1.93. The normalized spacial score (nSPS) is 16.7. The van der Waals surface area contributed by atoms with Gasteiger partial charge in [0.05, 0.1) is 27.2 Å². The van der Waals surface area contributed by atoms with Gasteiger partial charge in [-0.15, -0.1) is 0 Å². The predicted molar refractivity (Wildman–Crippen MR) is 124 cm³/mol. The summed E-state index contributed by atoms with van der Waals surface area (Å²) in [5.74, 6) is 1.01. The first-order chi connectivity index (χ1) is 13.8. The average molecular weight is 449 g/mol. The minimum atomic E-state index is -0.189. The molecule has 152 valence electrons. The molecule has 0 atom stereocenters. The predicted octanol–water partition coefficient (Wildman–Crippen LogP) is 6.72. The maximum absolute atomic E-state index is 12.5. The lowest BCUT2D eigenvalue weighted by molar-refractivity contribution is -0.115. The van der Waals surface area contributed by atoms with E-state index in [1.165, 1.54) is 11.8 Å². The van der Waals surface area contributed by atoms with Crippen LogP contribution in [0, 0.1) is 6.92 Å². The van der Waals surface area contributed by atoms with E-state index in [0.29, 0.717) is 38.3 Å². The van der Waals surface area contributed by atoms with Crippen molar-refractivity contribution in [1.29, 1.82) is 0 Å². The van der Waals surface area contributed by atoms with Crippen molar-refractivity contribution in [3.8, 4) is 5.75 Å². The molecule has 1 heterocycles. The van der Waals surface area contributed by atoms with E-state index >= 15 is 0 Å². The van der Waals surface area contributed by atoms with Crippen molar-refractivity contribution in [3.05, 3.63) is 62.0 Å². The van der Waals surface area contributed by atoms with Crippen LogP contribution in [0.5, 0.6) is 5.75 Å². The summed E-state index contributed by atoms with van der Waals surface area (Å²) >= 11 is 13.5. The number of amides is 1. The van der Waals surface area contributed by atoms with E-state index in [-0.39, 0.29) is 5.91 Å². The van der Waals surface area contributed by atoms with Crippen LogP contribution in [-0.4, -0.2) is 17.7 Å². The highest BCUT2D eigenvalue weighted by molar-refractivity contribution is 8.18. The number of ether oxygens (including phenoxy) is 1. The summed E-state index contributed by atoms with van der Waals surface area (Å²) in [7, 11) is 0. The second-order valence-electron chi connectivity index (χ2n) is 6.89. The van der Waals surface area contributed by atoms with E-state index in [2.05, 4.69) is 30.2 Å². The van der Waals surface area contributed by atoms with Crippen LogP contribution < -0.4 is 10.1 Å². The number of thioether (sulfide) groups is 1. The van der Waals surface area contributed by atoms with Gasteiger partial charge in [-0.1, -0.05) is 43.1 Å². The molecule has 1 N–H and O–H groups in total. The Labute approximate surface area is 185 Å². The molecule has 29 heavy (non-hydrogen) atoms. The maximum Gasteiger partial charge on any atom is 0.264 e. The zero-order chi connectivity index (χ0) is 21.1. The fourth-order valence-corrected chi connectivity index (χ4v) is 4.08. The number of amidine groups is 1. The zero-order valence-electron chi connectivity index (χ0n) is 16.7. The van der Waals surface area contributed by atoms with E-state index in [0.717, 1.165) is 22.4 Å². The van der Waals surface area contributed by atoms with Crippen LogP contribution in [0.2, 0.25) is 10.0 Å². The minimum Gasteiger partial charge on any atom is -0.494 e. The number of aliphatic imine (C=N–C) groups is 1. The van der Waals surface area contributed by atoms with Gasteiger partial charge in [-0.3, -0.25) is 4.79 Å². The van der Waals surface area contributed by atoms with Crippen LogP contribution in [0.15, 0.2) is 40.2 Å². The van der Waals surface area contributed by atoms with Crippen LogP contribution in [0.1, 0.15) is 43.4 Å². The molecule has 2 aromatic carbocycles. The number of rotatable bonds is 5. The molecule has 1 amide bonds. The molecule has 1 aliphatic heterocycles. The number of carbonyl (C=O) groups is 1. The first-order valence-electron chi connectivity index (χ1n) is 9.31. The average Bonchev–Trinajstić information content (AvgIpc) is 3.00. The van der Waals surface area contributed by atoms with Crippen molar-refractivity contribution in [2.24, 2.45) is 4.99 Å². The van der Waals surface area contributed by atoms with E-state index in [9.17, 15) is 4.79 Å². The first kappa shape index (κ1) is 21.8. The van der Waals surface area contributed by atoms with Crippen LogP contribution >= 0.6 is 35.0 Å². The number of carbonyl (C=O) groups excluding carboxylic acids is 1. The van der Waals surface area contributed by atoms with Gasteiger partial charge in [0.2, 0.25) is 0 Å². The molecule has 0 saturated carbocycles. The van der Waals surface area contributed by atoms with Crippen molar-refractivity contribution < 1.29 is 9.53 Å². The number of hydrogen-bond donors (Lipinski definition) is 1. The van der Waals surface area contributed by atoms with Gasteiger partial charge < -0.3 is 10.1 Å². The van der Waals surface area contributed by atoms with Gasteiger partial charge in [-0.25, -0.2) is 4.99 Å². The van der Waals surface area contributed by atoms with Crippen LogP contribution in [-0.2, 0) is 4.79 Å². The molecule has 1 fully saturated rings. The third kappa shape index (κ3) is 4.97. The highest BCUT2D eigenvalue weighted by Crippen LogP contribution is 2.36. The van der Waals surface area contributed by atoms with Crippen molar-refractivity contribution >= 4 is 57.8 Å². The number of benzene rings is 2. The quantitative estimate of drug-likeness (QED) is 0.516. The molecular formula is C22H22Cl2N2O2S. The Kier molecular flexibility index (Phi) is 6.93. The lowest BCUT2D eigenvalue weighted by Gasteiger charge is -2.16. The second kappa shape index (κ2) is 9.24. The van der Waals surface area contributed by atoms with Gasteiger partial charge in [-0.05, 0) is 78.6 Å². The van der Waals surface area contributed by atoms with Crippen LogP contribution in [0.25, 0.3) is 6.08 Å². The van der Waals surface area contributed by atoms with Gasteiger partial charge in [0, 0.05) is 0 Å². The molecule has 0 radical (unpaired) electrons. The lowest BCUT2D eigenvalue weighted by atomic mass is 9.96. The monoisotopic (exact) mass is 448 g/mol. The smallest absolute Gasteiger partial charge is 0.264 e. The summed E-state index contributed by atoms with van der Waals surface area (Å²) in [4.78, 5) is 17.5. The highest BCUT2D eigenvalue weighted by Gasteiger charge is 2.25. The topological polar surface area (TPSA) is 50.7 Å². The third-order valence-electron chi connectivity index (χ3n) is 4.41. The molecule has 3 rings (SSSR count). The van der Waals surface area contributed by atoms with E-state index in [1.54, 1.807) is 18.2 Å². The summed E-state index contributed by atoms with van der Waals surface area (Å²) in [6, 6.07) is 9.34. The molecule has 0 unspecified atom stereocenters. The number of aryl methyl sites for hydroxylation is 1. The molecule has 4 nitrogen and oxygen atoms in total. The molecule has 2 aromatic rings. The largest absolute Gasteiger partial charge is 0.494 e. The summed E-state index contributed by atoms with van der Waals surface area (Å²) in [6.07, 6.45) is 1.89. The summed E-state index contributed by atoms with van der Waals surface area (Å²) in [6.45, 7) is 8.85. The van der Waals surface area contributed by atoms with Gasteiger partial charge in [0.15, 0.2) is 5.17 Å². The Morgan fingerprint density at radius 1 is 1.28 bits per heavy atom. The van der Waals surface area contributed by atoms with E-state index < -0.39 is 0 Å². The van der Waals surface area contributed by atoms with Crippen molar-refractivity contribution in [2.45, 2.75) is 33.6 Å². The van der Waals surface area contributed by atoms with Gasteiger partial charge in [-0.2, -0.15) is 0 Å². The Morgan fingerprint density at radius 2 is 2.03 bits per heavy atom. The fraction of sp³-hybridized carbons (Fsp3) is 0.273. The Morgan fingerprint density at radius 3 is 2.72 bits per heavy atom. The highest BCUT2D eigenvalue weighted by atomic mass is 35.5. The Bertz CT molecular complexity index is 1020. The van der Waals surface area contributed by atoms with Crippen molar-refractivity contribution in [2.75, 3.05) is 6.61 Å². The summed E-state index contributed by atoms with van der Waals surface area (Å²) < 4.78 is 5.78. The minimum absolute atomic E-state index is 0.189. The number of hydrogen-bond acceptors (Lipinski definition) is 4. The SMILES string of the molecule is CCOc1cc(C)c(/C=C2/SC(=Nc3cccc(Cl)c3Cl)NC2=O)cc1C(C)C.